The highest BCUT2D eigenvalue weighted by atomic mass is 16.3. The summed E-state index contributed by atoms with van der Waals surface area (Å²) in [7, 11) is 1.58. The van der Waals surface area contributed by atoms with Gasteiger partial charge in [0.2, 0.25) is 5.91 Å². The Hall–Kier alpha value is -1.63. The first-order valence-electron chi connectivity index (χ1n) is 6.58. The van der Waals surface area contributed by atoms with Gasteiger partial charge in [0.05, 0.1) is 5.60 Å². The summed E-state index contributed by atoms with van der Waals surface area (Å²) in [5.74, 6) is -0.306. The van der Waals surface area contributed by atoms with Crippen molar-refractivity contribution in [1.29, 1.82) is 0 Å². The zero-order valence-corrected chi connectivity index (χ0v) is 11.1. The number of amides is 1. The Morgan fingerprint density at radius 2 is 2.16 bits per heavy atom. The highest BCUT2D eigenvalue weighted by Gasteiger charge is 2.29. The van der Waals surface area contributed by atoms with E-state index in [1.807, 2.05) is 0 Å². The molecule has 7 heteroatoms. The van der Waals surface area contributed by atoms with Gasteiger partial charge in [0.15, 0.2) is 0 Å². The number of aliphatic hydroxyl groups is 1. The second-order valence-corrected chi connectivity index (χ2v) is 5.24. The molecule has 1 aromatic heterocycles. The molecule has 7 nitrogen and oxygen atoms in total. The molecule has 19 heavy (non-hydrogen) atoms. The minimum atomic E-state index is -0.789. The first kappa shape index (κ1) is 13.8. The van der Waals surface area contributed by atoms with Crippen molar-refractivity contribution in [2.45, 2.75) is 44.2 Å². The van der Waals surface area contributed by atoms with Gasteiger partial charge < -0.3 is 10.4 Å². The van der Waals surface area contributed by atoms with Gasteiger partial charge in [-0.2, -0.15) is 5.10 Å². The molecule has 0 bridgehead atoms. The lowest BCUT2D eigenvalue weighted by molar-refractivity contribution is -0.123. The summed E-state index contributed by atoms with van der Waals surface area (Å²) in [6, 6.07) is 0. The van der Waals surface area contributed by atoms with Crippen LogP contribution < -0.4 is 11.0 Å². The average molecular weight is 268 g/mol. The van der Waals surface area contributed by atoms with Crippen molar-refractivity contribution in [3.8, 4) is 0 Å². The van der Waals surface area contributed by atoms with Gasteiger partial charge in [0.1, 0.15) is 12.9 Å². The largest absolute Gasteiger partial charge is 0.388 e. The molecule has 0 spiro atoms. The number of rotatable bonds is 4. The summed E-state index contributed by atoms with van der Waals surface area (Å²) in [4.78, 5) is 23.2. The lowest BCUT2D eigenvalue weighted by Crippen LogP contribution is -2.45. The minimum Gasteiger partial charge on any atom is -0.388 e. The Morgan fingerprint density at radius 3 is 2.74 bits per heavy atom. The van der Waals surface area contributed by atoms with Crippen molar-refractivity contribution in [3.05, 3.63) is 16.8 Å². The molecular weight excluding hydrogens is 248 g/mol. The highest BCUT2D eigenvalue weighted by molar-refractivity contribution is 5.75. The lowest BCUT2D eigenvalue weighted by atomic mass is 9.85. The third-order valence-electron chi connectivity index (χ3n) is 3.58. The molecule has 106 valence electrons. The van der Waals surface area contributed by atoms with Crippen molar-refractivity contribution in [2.75, 3.05) is 6.54 Å². The minimum absolute atomic E-state index is 0.115. The summed E-state index contributed by atoms with van der Waals surface area (Å²) in [5, 5.41) is 16.7. The summed E-state index contributed by atoms with van der Waals surface area (Å²) in [6.45, 7) is 0.128. The van der Waals surface area contributed by atoms with Crippen LogP contribution in [0, 0.1) is 0 Å². The molecule has 1 saturated carbocycles. The first-order valence-corrected chi connectivity index (χ1v) is 6.58. The Kier molecular flexibility index (Phi) is 4.04. The molecule has 1 heterocycles. The fraction of sp³-hybridized carbons (Fsp3) is 0.750. The molecule has 0 atom stereocenters. The van der Waals surface area contributed by atoms with Gasteiger partial charge in [-0.05, 0) is 12.8 Å². The second-order valence-electron chi connectivity index (χ2n) is 5.24. The van der Waals surface area contributed by atoms with Gasteiger partial charge in [0, 0.05) is 13.6 Å². The number of hydrogen-bond donors (Lipinski definition) is 2. The topological polar surface area (TPSA) is 89.2 Å². The van der Waals surface area contributed by atoms with Crippen LogP contribution in [0.3, 0.4) is 0 Å². The quantitative estimate of drug-likeness (QED) is 0.762. The molecule has 0 aliphatic heterocycles. The summed E-state index contributed by atoms with van der Waals surface area (Å²) in [5.41, 5.74) is -1.12. The zero-order valence-electron chi connectivity index (χ0n) is 11.1. The number of carbonyl (C=O) groups excluding carboxylic acids is 1. The summed E-state index contributed by atoms with van der Waals surface area (Å²) in [6.07, 6.45) is 5.93. The fourth-order valence-electron chi connectivity index (χ4n) is 2.37. The maximum Gasteiger partial charge on any atom is 0.345 e. The Morgan fingerprint density at radius 1 is 1.47 bits per heavy atom. The van der Waals surface area contributed by atoms with Gasteiger partial charge in [0.25, 0.3) is 0 Å². The van der Waals surface area contributed by atoms with E-state index in [4.69, 9.17) is 0 Å². The van der Waals surface area contributed by atoms with E-state index in [0.717, 1.165) is 36.8 Å². The molecule has 1 aliphatic carbocycles. The molecule has 0 aromatic carbocycles. The van der Waals surface area contributed by atoms with Crippen molar-refractivity contribution in [2.24, 2.45) is 7.05 Å². The van der Waals surface area contributed by atoms with E-state index >= 15 is 0 Å². The third-order valence-corrected chi connectivity index (χ3v) is 3.58. The van der Waals surface area contributed by atoms with E-state index in [1.165, 1.54) is 10.9 Å². The number of aromatic nitrogens is 3. The van der Waals surface area contributed by atoms with Crippen LogP contribution in [0.5, 0.6) is 0 Å². The Labute approximate surface area is 111 Å². The second kappa shape index (κ2) is 5.56. The molecule has 2 rings (SSSR count). The van der Waals surface area contributed by atoms with Gasteiger partial charge in [-0.1, -0.05) is 19.3 Å². The molecule has 1 aromatic rings. The van der Waals surface area contributed by atoms with Crippen molar-refractivity contribution in [3.63, 3.8) is 0 Å². The highest BCUT2D eigenvalue weighted by Crippen LogP contribution is 2.27. The van der Waals surface area contributed by atoms with Crippen molar-refractivity contribution < 1.29 is 9.90 Å². The van der Waals surface area contributed by atoms with Crippen LogP contribution in [0.25, 0.3) is 0 Å². The monoisotopic (exact) mass is 268 g/mol. The number of nitrogens with one attached hydrogen (secondary N) is 1. The van der Waals surface area contributed by atoms with Crippen LogP contribution in [0.4, 0.5) is 0 Å². The Balaban J connectivity index is 1.85. The molecule has 1 fully saturated rings. The Bertz CT molecular complexity index is 499. The van der Waals surface area contributed by atoms with Crippen LogP contribution in [0.2, 0.25) is 0 Å². The summed E-state index contributed by atoms with van der Waals surface area (Å²) >= 11 is 0. The van der Waals surface area contributed by atoms with Gasteiger partial charge in [-0.15, -0.1) is 0 Å². The third kappa shape index (κ3) is 3.44. The number of aryl methyl sites for hydroxylation is 1. The van der Waals surface area contributed by atoms with Crippen LogP contribution in [-0.4, -0.2) is 37.5 Å². The zero-order chi connectivity index (χ0) is 13.9. The van der Waals surface area contributed by atoms with E-state index in [-0.39, 0.29) is 24.7 Å². The van der Waals surface area contributed by atoms with Gasteiger partial charge in [-0.25, -0.2) is 9.48 Å². The SMILES string of the molecule is Cn1cnn(CC(=O)NCC2(O)CCCCC2)c1=O. The van der Waals surface area contributed by atoms with E-state index in [1.54, 1.807) is 7.05 Å². The maximum atomic E-state index is 11.7. The first-order chi connectivity index (χ1) is 9.00. The van der Waals surface area contributed by atoms with Crippen molar-refractivity contribution >= 4 is 5.91 Å². The molecule has 2 N–H and O–H groups in total. The fourth-order valence-corrected chi connectivity index (χ4v) is 2.37. The maximum absolute atomic E-state index is 11.7. The average Bonchev–Trinajstić information content (AvgIpc) is 2.70. The van der Waals surface area contributed by atoms with E-state index in [0.29, 0.717) is 0 Å². The van der Waals surface area contributed by atoms with Crippen LogP contribution in [-0.2, 0) is 18.4 Å². The van der Waals surface area contributed by atoms with Gasteiger partial charge in [-0.3, -0.25) is 9.36 Å². The van der Waals surface area contributed by atoms with E-state index < -0.39 is 5.60 Å². The van der Waals surface area contributed by atoms with Crippen molar-refractivity contribution in [1.82, 2.24) is 19.7 Å². The van der Waals surface area contributed by atoms with E-state index in [2.05, 4.69) is 10.4 Å². The number of carbonyl (C=O) groups is 1. The molecule has 0 unspecified atom stereocenters. The molecule has 1 aliphatic rings. The predicted molar refractivity (Wildman–Crippen MR) is 68.5 cm³/mol. The number of hydrogen-bond acceptors (Lipinski definition) is 4. The van der Waals surface area contributed by atoms with E-state index in [9.17, 15) is 14.7 Å². The smallest absolute Gasteiger partial charge is 0.345 e. The van der Waals surface area contributed by atoms with Crippen LogP contribution in [0.1, 0.15) is 32.1 Å². The lowest BCUT2D eigenvalue weighted by Gasteiger charge is -2.32. The van der Waals surface area contributed by atoms with Gasteiger partial charge >= 0.3 is 5.69 Å². The number of nitrogens with zero attached hydrogens (tertiary/aromatic N) is 3. The standard InChI is InChI=1S/C12H20N4O3/c1-15-9-14-16(11(15)18)7-10(17)13-8-12(19)5-3-2-4-6-12/h9,19H,2-8H2,1H3,(H,13,17). The molecule has 0 saturated heterocycles. The molecule has 1 amide bonds. The predicted octanol–water partition coefficient (Wildman–Crippen LogP) is -0.607. The molecule has 0 radical (unpaired) electrons. The normalized spacial score (nSPS) is 18.2. The van der Waals surface area contributed by atoms with Crippen LogP contribution in [0.15, 0.2) is 11.1 Å². The van der Waals surface area contributed by atoms with Crippen LogP contribution >= 0.6 is 0 Å². The molecular formula is C12H20N4O3. The summed E-state index contributed by atoms with van der Waals surface area (Å²) < 4.78 is 2.40.